The van der Waals surface area contributed by atoms with Crippen molar-refractivity contribution in [2.24, 2.45) is 12.2 Å². The molecule has 1 aromatic heterocycles. The number of halogens is 6. The SMILES string of the molecule is Cn1nc(C(F)(F)F)c(CS(=O)(=O)C2=NOC(C)(C)C2)c1OCC(F)(F)F. The second-order valence-electron chi connectivity index (χ2n) is 6.43. The molecule has 0 amide bonds. The number of oxime groups is 1. The smallest absolute Gasteiger partial charge is 0.435 e. The van der Waals surface area contributed by atoms with E-state index >= 15 is 0 Å². The Balaban J connectivity index is 2.44. The highest BCUT2D eigenvalue weighted by atomic mass is 32.2. The van der Waals surface area contributed by atoms with Gasteiger partial charge in [0.2, 0.25) is 5.88 Å². The van der Waals surface area contributed by atoms with Crippen molar-refractivity contribution in [3.63, 3.8) is 0 Å². The zero-order chi connectivity index (χ0) is 20.8. The summed E-state index contributed by atoms with van der Waals surface area (Å²) in [5.41, 5.74) is -3.65. The van der Waals surface area contributed by atoms with Crippen LogP contribution >= 0.6 is 0 Å². The van der Waals surface area contributed by atoms with Gasteiger partial charge in [-0.05, 0) is 13.8 Å². The van der Waals surface area contributed by atoms with Crippen molar-refractivity contribution in [2.45, 2.75) is 44.0 Å². The molecule has 2 heterocycles. The van der Waals surface area contributed by atoms with Crippen LogP contribution in [0.1, 0.15) is 31.5 Å². The number of hydrogen-bond acceptors (Lipinski definition) is 6. The van der Waals surface area contributed by atoms with Crippen LogP contribution in [0, 0.1) is 0 Å². The highest BCUT2D eigenvalue weighted by Gasteiger charge is 2.43. The van der Waals surface area contributed by atoms with Gasteiger partial charge in [0, 0.05) is 13.5 Å². The molecule has 0 saturated carbocycles. The van der Waals surface area contributed by atoms with Crippen molar-refractivity contribution in [1.82, 2.24) is 9.78 Å². The molecule has 0 saturated heterocycles. The highest BCUT2D eigenvalue weighted by Crippen LogP contribution is 2.38. The van der Waals surface area contributed by atoms with Crippen molar-refractivity contribution >= 4 is 14.9 Å². The van der Waals surface area contributed by atoms with E-state index in [0.717, 1.165) is 7.05 Å². The predicted molar refractivity (Wildman–Crippen MR) is 79.6 cm³/mol. The Morgan fingerprint density at radius 3 is 2.26 bits per heavy atom. The van der Waals surface area contributed by atoms with Gasteiger partial charge >= 0.3 is 12.4 Å². The lowest BCUT2D eigenvalue weighted by molar-refractivity contribution is -0.154. The van der Waals surface area contributed by atoms with Gasteiger partial charge in [0.25, 0.3) is 0 Å². The van der Waals surface area contributed by atoms with Gasteiger partial charge in [0.05, 0.1) is 11.3 Å². The Morgan fingerprint density at radius 1 is 1.22 bits per heavy atom. The molecule has 0 atom stereocenters. The fraction of sp³-hybridized carbons (Fsp3) is 0.692. The fourth-order valence-corrected chi connectivity index (χ4v) is 3.81. The van der Waals surface area contributed by atoms with Crippen molar-refractivity contribution in [2.75, 3.05) is 6.61 Å². The van der Waals surface area contributed by atoms with E-state index < -0.39 is 62.3 Å². The van der Waals surface area contributed by atoms with Crippen LogP contribution in [0.4, 0.5) is 26.3 Å². The molecule has 0 bridgehead atoms. The first-order chi connectivity index (χ1) is 12.0. The standard InChI is InChI=1S/C13H15F6N3O4S/c1-11(2)4-8(21-26-11)27(23,24)5-7-9(13(17,18)19)20-22(3)10(7)25-6-12(14,15)16/h4-6H2,1-3H3. The minimum absolute atomic E-state index is 0.199. The van der Waals surface area contributed by atoms with Gasteiger partial charge in [0.1, 0.15) is 5.60 Å². The van der Waals surface area contributed by atoms with Gasteiger partial charge < -0.3 is 9.57 Å². The third-order valence-electron chi connectivity index (χ3n) is 3.39. The average Bonchev–Trinajstić information content (AvgIpc) is 2.96. The summed E-state index contributed by atoms with van der Waals surface area (Å²) in [5.74, 6) is -2.23. The number of rotatable bonds is 4. The summed E-state index contributed by atoms with van der Waals surface area (Å²) in [6, 6.07) is 0. The second kappa shape index (κ2) is 6.56. The van der Waals surface area contributed by atoms with Crippen LogP contribution in [0.5, 0.6) is 5.88 Å². The number of nitrogens with zero attached hydrogens (tertiary/aromatic N) is 3. The molecule has 154 valence electrons. The monoisotopic (exact) mass is 423 g/mol. The Morgan fingerprint density at radius 2 is 1.81 bits per heavy atom. The molecule has 14 heteroatoms. The van der Waals surface area contributed by atoms with Crippen molar-refractivity contribution in [3.8, 4) is 5.88 Å². The molecule has 1 aromatic rings. The lowest BCUT2D eigenvalue weighted by Gasteiger charge is -2.14. The molecular formula is C13H15F6N3O4S. The fourth-order valence-electron chi connectivity index (χ4n) is 2.28. The number of hydrogen-bond donors (Lipinski definition) is 0. The number of aromatic nitrogens is 2. The molecule has 0 aromatic carbocycles. The number of alkyl halides is 6. The first-order valence-corrected chi connectivity index (χ1v) is 8.97. The molecule has 1 aliphatic rings. The van der Waals surface area contributed by atoms with Crippen molar-refractivity contribution in [3.05, 3.63) is 11.3 Å². The first-order valence-electron chi connectivity index (χ1n) is 7.32. The van der Waals surface area contributed by atoms with E-state index in [1.165, 1.54) is 13.8 Å². The van der Waals surface area contributed by atoms with E-state index in [9.17, 15) is 34.8 Å². The summed E-state index contributed by atoms with van der Waals surface area (Å²) in [6.45, 7) is 1.12. The van der Waals surface area contributed by atoms with E-state index in [4.69, 9.17) is 4.84 Å². The maximum absolute atomic E-state index is 13.2. The van der Waals surface area contributed by atoms with Gasteiger partial charge in [-0.3, -0.25) is 0 Å². The zero-order valence-corrected chi connectivity index (χ0v) is 15.1. The lowest BCUT2D eigenvalue weighted by Crippen LogP contribution is -2.24. The largest absolute Gasteiger partial charge is 0.468 e. The Labute approximate surface area is 149 Å². The van der Waals surface area contributed by atoms with Crippen LogP contribution in [0.2, 0.25) is 0 Å². The summed E-state index contributed by atoms with van der Waals surface area (Å²) in [4.78, 5) is 4.89. The van der Waals surface area contributed by atoms with Crippen LogP contribution in [0.15, 0.2) is 5.16 Å². The Kier molecular flexibility index (Phi) is 5.18. The van der Waals surface area contributed by atoms with Crippen LogP contribution < -0.4 is 4.74 Å². The summed E-state index contributed by atoms with van der Waals surface area (Å²) in [6.07, 6.45) is -10.1. The molecule has 0 aliphatic carbocycles. The van der Waals surface area contributed by atoms with Crippen LogP contribution in [-0.2, 0) is 33.7 Å². The molecular weight excluding hydrogens is 408 g/mol. The lowest BCUT2D eigenvalue weighted by atomic mass is 10.1. The molecule has 0 fully saturated rings. The summed E-state index contributed by atoms with van der Waals surface area (Å²) in [7, 11) is -3.51. The Bertz CT molecular complexity index is 855. The topological polar surface area (TPSA) is 82.8 Å². The van der Waals surface area contributed by atoms with E-state index in [2.05, 4.69) is 15.0 Å². The molecule has 0 N–H and O–H groups in total. The van der Waals surface area contributed by atoms with Crippen molar-refractivity contribution in [1.29, 1.82) is 0 Å². The number of ether oxygens (including phenoxy) is 1. The predicted octanol–water partition coefficient (Wildman–Crippen LogP) is 2.81. The highest BCUT2D eigenvalue weighted by molar-refractivity contribution is 8.05. The second-order valence-corrected chi connectivity index (χ2v) is 8.42. The third kappa shape index (κ3) is 5.05. The average molecular weight is 423 g/mol. The van der Waals surface area contributed by atoms with Gasteiger partial charge in [-0.1, -0.05) is 5.16 Å². The van der Waals surface area contributed by atoms with Crippen LogP contribution in [0.3, 0.4) is 0 Å². The molecule has 0 spiro atoms. The molecule has 27 heavy (non-hydrogen) atoms. The van der Waals surface area contributed by atoms with E-state index in [1.807, 2.05) is 0 Å². The maximum atomic E-state index is 13.2. The first kappa shape index (κ1) is 21.3. The van der Waals surface area contributed by atoms with Gasteiger partial charge in [-0.15, -0.1) is 0 Å². The normalized spacial score (nSPS) is 17.6. The van der Waals surface area contributed by atoms with E-state index in [0.29, 0.717) is 4.68 Å². The maximum Gasteiger partial charge on any atom is 0.435 e. The van der Waals surface area contributed by atoms with Gasteiger partial charge in [0.15, 0.2) is 27.2 Å². The molecule has 1 aliphatic heterocycles. The van der Waals surface area contributed by atoms with Crippen LogP contribution in [0.25, 0.3) is 0 Å². The summed E-state index contributed by atoms with van der Waals surface area (Å²) in [5, 5.41) is 5.95. The van der Waals surface area contributed by atoms with E-state index in [-0.39, 0.29) is 6.42 Å². The minimum atomic E-state index is -5.10. The van der Waals surface area contributed by atoms with Gasteiger partial charge in [-0.2, -0.15) is 31.4 Å². The number of sulfone groups is 1. The zero-order valence-electron chi connectivity index (χ0n) is 14.3. The quantitative estimate of drug-likeness (QED) is 0.696. The van der Waals surface area contributed by atoms with Crippen LogP contribution in [-0.4, -0.2) is 41.6 Å². The summed E-state index contributed by atoms with van der Waals surface area (Å²) < 4.78 is 106. The van der Waals surface area contributed by atoms with Gasteiger partial charge in [-0.25, -0.2) is 13.1 Å². The molecule has 0 radical (unpaired) electrons. The molecule has 7 nitrogen and oxygen atoms in total. The Hall–Kier alpha value is -1.99. The third-order valence-corrected chi connectivity index (χ3v) is 5.00. The summed E-state index contributed by atoms with van der Waals surface area (Å²) >= 11 is 0. The van der Waals surface area contributed by atoms with Crippen molar-refractivity contribution < 1.29 is 44.3 Å². The molecule has 2 rings (SSSR count). The van der Waals surface area contributed by atoms with E-state index in [1.54, 1.807) is 0 Å². The minimum Gasteiger partial charge on any atom is -0.468 e. The molecule has 0 unspecified atom stereocenters. The number of aryl methyl sites for hydroxylation is 1.